The molecule has 0 saturated carbocycles. The zero-order valence-corrected chi connectivity index (χ0v) is 15.3. The van der Waals surface area contributed by atoms with Crippen LogP contribution in [0.3, 0.4) is 0 Å². The molecular formula is C20H25N3OS. The second-order valence-electron chi connectivity index (χ2n) is 7.15. The van der Waals surface area contributed by atoms with E-state index < -0.39 is 0 Å². The number of carbonyl (C=O) groups excluding carboxylic acids is 1. The number of carbonyl (C=O) groups is 1. The summed E-state index contributed by atoms with van der Waals surface area (Å²) in [6.07, 6.45) is 9.43. The first-order valence-corrected chi connectivity index (χ1v) is 10.1. The van der Waals surface area contributed by atoms with Crippen molar-refractivity contribution in [3.63, 3.8) is 0 Å². The van der Waals surface area contributed by atoms with Crippen molar-refractivity contribution in [3.8, 4) is 0 Å². The summed E-state index contributed by atoms with van der Waals surface area (Å²) < 4.78 is 0. The normalized spacial score (nSPS) is 21.6. The van der Waals surface area contributed by atoms with Crippen LogP contribution in [-0.2, 0) is 6.42 Å². The molecule has 2 fully saturated rings. The number of piperidine rings is 1. The van der Waals surface area contributed by atoms with Gasteiger partial charge in [0.05, 0.1) is 4.88 Å². The minimum atomic E-state index is 0.219. The average molecular weight is 356 g/mol. The highest BCUT2D eigenvalue weighted by Crippen LogP contribution is 2.31. The van der Waals surface area contributed by atoms with E-state index in [0.29, 0.717) is 12.0 Å². The summed E-state index contributed by atoms with van der Waals surface area (Å²) >= 11 is 1.67. The molecule has 1 unspecified atom stereocenters. The Balaban J connectivity index is 1.32. The van der Waals surface area contributed by atoms with Crippen LogP contribution in [0, 0.1) is 5.92 Å². The van der Waals surface area contributed by atoms with Gasteiger partial charge in [-0.05, 0) is 74.4 Å². The van der Waals surface area contributed by atoms with Crippen molar-refractivity contribution >= 4 is 17.2 Å². The fraction of sp³-hybridized carbons (Fsp3) is 0.500. The molecule has 4 rings (SSSR count). The van der Waals surface area contributed by atoms with Gasteiger partial charge in [0, 0.05) is 36.4 Å². The zero-order chi connectivity index (χ0) is 17.1. The number of nitrogens with zero attached hydrogens (tertiary/aromatic N) is 2. The molecule has 2 saturated heterocycles. The minimum absolute atomic E-state index is 0.219. The van der Waals surface area contributed by atoms with Crippen LogP contribution in [0.2, 0.25) is 0 Å². The highest BCUT2D eigenvalue weighted by Gasteiger charge is 2.26. The summed E-state index contributed by atoms with van der Waals surface area (Å²) in [6, 6.07) is 8.81. The average Bonchev–Trinajstić information content (AvgIpc) is 3.34. The molecule has 0 aliphatic carbocycles. The third-order valence-electron chi connectivity index (χ3n) is 5.42. The lowest BCUT2D eigenvalue weighted by atomic mass is 9.90. The fourth-order valence-corrected chi connectivity index (χ4v) is 5.02. The quantitative estimate of drug-likeness (QED) is 0.910. The van der Waals surface area contributed by atoms with Gasteiger partial charge in [0.1, 0.15) is 0 Å². The lowest BCUT2D eigenvalue weighted by Crippen LogP contribution is -2.38. The van der Waals surface area contributed by atoms with Crippen molar-refractivity contribution in [2.24, 2.45) is 5.92 Å². The number of amides is 1. The number of hydrogen-bond donors (Lipinski definition) is 1. The number of nitrogens with one attached hydrogen (secondary N) is 1. The maximum atomic E-state index is 12.8. The first-order chi connectivity index (χ1) is 12.3. The van der Waals surface area contributed by atoms with Crippen molar-refractivity contribution in [1.29, 1.82) is 0 Å². The van der Waals surface area contributed by atoms with Gasteiger partial charge in [-0.3, -0.25) is 9.78 Å². The van der Waals surface area contributed by atoms with E-state index in [-0.39, 0.29) is 5.91 Å². The van der Waals surface area contributed by atoms with Gasteiger partial charge in [-0.2, -0.15) is 0 Å². The number of pyridine rings is 1. The van der Waals surface area contributed by atoms with Gasteiger partial charge in [0.2, 0.25) is 0 Å². The van der Waals surface area contributed by atoms with Crippen LogP contribution in [0.4, 0.5) is 0 Å². The Kier molecular flexibility index (Phi) is 5.13. The lowest BCUT2D eigenvalue weighted by molar-refractivity contribution is 0.0695. The zero-order valence-electron chi connectivity index (χ0n) is 14.5. The summed E-state index contributed by atoms with van der Waals surface area (Å²) in [5.74, 6) is 0.893. The first-order valence-electron chi connectivity index (χ1n) is 9.31. The van der Waals surface area contributed by atoms with E-state index in [2.05, 4.69) is 28.5 Å². The van der Waals surface area contributed by atoms with Crippen LogP contribution < -0.4 is 5.32 Å². The highest BCUT2D eigenvalue weighted by atomic mass is 32.1. The summed E-state index contributed by atoms with van der Waals surface area (Å²) in [6.45, 7) is 2.85. The number of likely N-dealkylation sites (tertiary alicyclic amines) is 1. The van der Waals surface area contributed by atoms with Crippen molar-refractivity contribution < 1.29 is 4.79 Å². The van der Waals surface area contributed by atoms with Gasteiger partial charge in [-0.15, -0.1) is 11.3 Å². The van der Waals surface area contributed by atoms with Crippen LogP contribution in [0.25, 0.3) is 0 Å². The maximum Gasteiger partial charge on any atom is 0.263 e. The second-order valence-corrected chi connectivity index (χ2v) is 8.26. The molecule has 132 valence electrons. The van der Waals surface area contributed by atoms with Gasteiger partial charge in [-0.1, -0.05) is 0 Å². The molecule has 2 aromatic rings. The Hall–Kier alpha value is -1.72. The Morgan fingerprint density at radius 3 is 2.68 bits per heavy atom. The molecule has 2 aliphatic rings. The molecule has 1 atom stereocenters. The number of rotatable bonds is 4. The molecule has 1 N–H and O–H groups in total. The van der Waals surface area contributed by atoms with Crippen molar-refractivity contribution in [2.75, 3.05) is 19.6 Å². The second kappa shape index (κ2) is 7.67. The van der Waals surface area contributed by atoms with E-state index in [4.69, 9.17) is 0 Å². The SMILES string of the molecule is O=C(c1ccc(C2CCCN2)s1)N1CCC(Cc2ccncc2)CC1. The van der Waals surface area contributed by atoms with E-state index in [1.807, 2.05) is 23.4 Å². The molecular weight excluding hydrogens is 330 g/mol. The molecule has 2 aromatic heterocycles. The molecule has 2 aliphatic heterocycles. The minimum Gasteiger partial charge on any atom is -0.338 e. The van der Waals surface area contributed by atoms with Crippen LogP contribution >= 0.6 is 11.3 Å². The summed E-state index contributed by atoms with van der Waals surface area (Å²) in [7, 11) is 0. The maximum absolute atomic E-state index is 12.8. The summed E-state index contributed by atoms with van der Waals surface area (Å²) in [5.41, 5.74) is 1.35. The van der Waals surface area contributed by atoms with Gasteiger partial charge in [-0.25, -0.2) is 0 Å². The Morgan fingerprint density at radius 2 is 1.96 bits per heavy atom. The predicted octanol–water partition coefficient (Wildman–Crippen LogP) is 3.66. The molecule has 5 heteroatoms. The molecule has 0 aromatic carbocycles. The number of aromatic nitrogens is 1. The smallest absolute Gasteiger partial charge is 0.263 e. The molecule has 4 nitrogen and oxygen atoms in total. The van der Waals surface area contributed by atoms with Gasteiger partial charge in [0.15, 0.2) is 0 Å². The summed E-state index contributed by atoms with van der Waals surface area (Å²) in [5, 5.41) is 3.51. The number of hydrogen-bond acceptors (Lipinski definition) is 4. The van der Waals surface area contributed by atoms with E-state index in [1.165, 1.54) is 23.3 Å². The van der Waals surface area contributed by atoms with Crippen LogP contribution in [0.15, 0.2) is 36.7 Å². The predicted molar refractivity (Wildman–Crippen MR) is 101 cm³/mol. The third-order valence-corrected chi connectivity index (χ3v) is 6.60. The van der Waals surface area contributed by atoms with Crippen LogP contribution in [-0.4, -0.2) is 35.4 Å². The van der Waals surface area contributed by atoms with Crippen molar-refractivity contribution in [3.05, 3.63) is 52.0 Å². The van der Waals surface area contributed by atoms with Gasteiger partial charge in [0.25, 0.3) is 5.91 Å². The Bertz CT molecular complexity index is 701. The topological polar surface area (TPSA) is 45.2 Å². The van der Waals surface area contributed by atoms with E-state index >= 15 is 0 Å². The summed E-state index contributed by atoms with van der Waals surface area (Å²) in [4.78, 5) is 21.1. The monoisotopic (exact) mass is 355 g/mol. The highest BCUT2D eigenvalue weighted by molar-refractivity contribution is 7.14. The molecule has 25 heavy (non-hydrogen) atoms. The first kappa shape index (κ1) is 16.7. The Labute approximate surface area is 153 Å². The van der Waals surface area contributed by atoms with Crippen LogP contribution in [0.5, 0.6) is 0 Å². The van der Waals surface area contributed by atoms with Gasteiger partial charge < -0.3 is 10.2 Å². The molecule has 0 bridgehead atoms. The van der Waals surface area contributed by atoms with E-state index in [1.54, 1.807) is 11.3 Å². The van der Waals surface area contributed by atoms with Crippen molar-refractivity contribution in [2.45, 2.75) is 38.1 Å². The van der Waals surface area contributed by atoms with E-state index in [0.717, 1.165) is 43.8 Å². The van der Waals surface area contributed by atoms with Crippen LogP contribution in [0.1, 0.15) is 51.8 Å². The van der Waals surface area contributed by atoms with Crippen molar-refractivity contribution in [1.82, 2.24) is 15.2 Å². The molecule has 1 amide bonds. The lowest BCUT2D eigenvalue weighted by Gasteiger charge is -2.31. The molecule has 0 radical (unpaired) electrons. The molecule has 4 heterocycles. The van der Waals surface area contributed by atoms with E-state index in [9.17, 15) is 4.79 Å². The number of thiophene rings is 1. The standard InChI is InChI=1S/C20H25N3OS/c24-20(19-4-3-18(25-19)17-2-1-9-22-17)23-12-7-16(8-13-23)14-15-5-10-21-11-6-15/h3-6,10-11,16-17,22H,1-2,7-9,12-14H2. The fourth-order valence-electron chi connectivity index (χ4n) is 3.93. The van der Waals surface area contributed by atoms with Gasteiger partial charge >= 0.3 is 0 Å². The Morgan fingerprint density at radius 1 is 1.16 bits per heavy atom. The molecule has 0 spiro atoms. The largest absolute Gasteiger partial charge is 0.338 e. The third kappa shape index (κ3) is 3.93.